The Balaban J connectivity index is 2.14. The molecule has 0 unspecified atom stereocenters. The Morgan fingerprint density at radius 2 is 2.16 bits per heavy atom. The van der Waals surface area contributed by atoms with E-state index in [1.54, 1.807) is 26.1 Å². The van der Waals surface area contributed by atoms with Gasteiger partial charge in [-0.2, -0.15) is 0 Å². The van der Waals surface area contributed by atoms with Crippen molar-refractivity contribution in [2.45, 2.75) is 20.4 Å². The number of hydrogen-bond acceptors (Lipinski definition) is 4. The largest absolute Gasteiger partial charge is 0.361 e. The second kappa shape index (κ2) is 5.40. The molecule has 0 aliphatic rings. The summed E-state index contributed by atoms with van der Waals surface area (Å²) in [7, 11) is 1.68. The van der Waals surface area contributed by atoms with Crippen LogP contribution in [0.5, 0.6) is 0 Å². The van der Waals surface area contributed by atoms with Gasteiger partial charge in [0.05, 0.1) is 17.1 Å². The van der Waals surface area contributed by atoms with Gasteiger partial charge in [-0.05, 0) is 19.9 Å². The summed E-state index contributed by atoms with van der Waals surface area (Å²) in [4.78, 5) is 17.8. The number of pyridine rings is 1. The molecule has 2 heterocycles. The molecule has 0 bridgehead atoms. The highest BCUT2D eigenvalue weighted by Crippen LogP contribution is 2.18. The Kier molecular flexibility index (Phi) is 3.85. The van der Waals surface area contributed by atoms with Gasteiger partial charge in [0.25, 0.3) is 5.91 Å². The highest BCUT2D eigenvalue weighted by molar-refractivity contribution is 6.33. The number of halogens is 1. The fraction of sp³-hybridized carbons (Fsp3) is 0.308. The Bertz CT molecular complexity index is 610. The van der Waals surface area contributed by atoms with E-state index in [1.807, 2.05) is 6.92 Å². The molecule has 0 spiro atoms. The third-order valence-corrected chi connectivity index (χ3v) is 2.96. The van der Waals surface area contributed by atoms with Crippen molar-refractivity contribution in [1.82, 2.24) is 15.0 Å². The zero-order valence-corrected chi connectivity index (χ0v) is 11.7. The number of carbonyl (C=O) groups is 1. The van der Waals surface area contributed by atoms with E-state index in [2.05, 4.69) is 10.1 Å². The van der Waals surface area contributed by atoms with E-state index < -0.39 is 0 Å². The van der Waals surface area contributed by atoms with Gasteiger partial charge in [-0.15, -0.1) is 0 Å². The fourth-order valence-electron chi connectivity index (χ4n) is 1.70. The highest BCUT2D eigenvalue weighted by atomic mass is 35.5. The lowest BCUT2D eigenvalue weighted by molar-refractivity contribution is 0.0782. The molecule has 0 fully saturated rings. The minimum atomic E-state index is -0.196. The first-order chi connectivity index (χ1) is 8.97. The SMILES string of the molecule is Cc1cc(Cl)c(C(=O)N(C)Cc2cc(C)on2)cn1. The van der Waals surface area contributed by atoms with Crippen LogP contribution in [0.1, 0.15) is 27.5 Å². The number of rotatable bonds is 3. The normalized spacial score (nSPS) is 10.5. The van der Waals surface area contributed by atoms with Gasteiger partial charge in [0.2, 0.25) is 0 Å². The predicted molar refractivity (Wildman–Crippen MR) is 71.0 cm³/mol. The van der Waals surface area contributed by atoms with E-state index in [-0.39, 0.29) is 5.91 Å². The van der Waals surface area contributed by atoms with Crippen molar-refractivity contribution < 1.29 is 9.32 Å². The molecule has 5 nitrogen and oxygen atoms in total. The second-order valence-electron chi connectivity index (χ2n) is 4.40. The Labute approximate surface area is 116 Å². The molecule has 2 aromatic rings. The summed E-state index contributed by atoms with van der Waals surface area (Å²) in [5.41, 5.74) is 1.86. The van der Waals surface area contributed by atoms with Crippen LogP contribution in [0.2, 0.25) is 5.02 Å². The Hall–Kier alpha value is -1.88. The molecule has 0 saturated carbocycles. The van der Waals surface area contributed by atoms with E-state index >= 15 is 0 Å². The van der Waals surface area contributed by atoms with E-state index in [9.17, 15) is 4.79 Å². The fourth-order valence-corrected chi connectivity index (χ4v) is 1.98. The summed E-state index contributed by atoms with van der Waals surface area (Å²) >= 11 is 6.05. The van der Waals surface area contributed by atoms with Crippen LogP contribution in [0.4, 0.5) is 0 Å². The summed E-state index contributed by atoms with van der Waals surface area (Å²) in [5, 5.41) is 4.25. The van der Waals surface area contributed by atoms with E-state index in [1.165, 1.54) is 11.1 Å². The average molecular weight is 280 g/mol. The zero-order valence-electron chi connectivity index (χ0n) is 11.0. The van der Waals surface area contributed by atoms with Crippen LogP contribution in [0.15, 0.2) is 22.9 Å². The van der Waals surface area contributed by atoms with Crippen molar-refractivity contribution in [3.05, 3.63) is 46.1 Å². The number of amides is 1. The highest BCUT2D eigenvalue weighted by Gasteiger charge is 2.17. The van der Waals surface area contributed by atoms with Crippen LogP contribution < -0.4 is 0 Å². The molecule has 19 heavy (non-hydrogen) atoms. The summed E-state index contributed by atoms with van der Waals surface area (Å²) in [5.74, 6) is 0.518. The van der Waals surface area contributed by atoms with Gasteiger partial charge in [0, 0.05) is 25.0 Å². The summed E-state index contributed by atoms with van der Waals surface area (Å²) in [6.45, 7) is 3.99. The molecule has 0 saturated heterocycles. The summed E-state index contributed by atoms with van der Waals surface area (Å²) in [6, 6.07) is 3.46. The molecule has 0 aliphatic carbocycles. The third kappa shape index (κ3) is 3.12. The second-order valence-corrected chi connectivity index (χ2v) is 4.80. The lowest BCUT2D eigenvalue weighted by Crippen LogP contribution is -2.26. The van der Waals surface area contributed by atoms with Crippen molar-refractivity contribution in [2.24, 2.45) is 0 Å². The lowest BCUT2D eigenvalue weighted by atomic mass is 10.2. The molecule has 0 radical (unpaired) electrons. The van der Waals surface area contributed by atoms with Gasteiger partial charge in [0.15, 0.2) is 0 Å². The Morgan fingerprint density at radius 3 is 2.74 bits per heavy atom. The lowest BCUT2D eigenvalue weighted by Gasteiger charge is -2.16. The van der Waals surface area contributed by atoms with Crippen LogP contribution in [-0.4, -0.2) is 28.0 Å². The maximum Gasteiger partial charge on any atom is 0.257 e. The van der Waals surface area contributed by atoms with Crippen LogP contribution >= 0.6 is 11.6 Å². The van der Waals surface area contributed by atoms with Crippen molar-refractivity contribution in [3.8, 4) is 0 Å². The van der Waals surface area contributed by atoms with Crippen LogP contribution in [0.25, 0.3) is 0 Å². The van der Waals surface area contributed by atoms with Crippen LogP contribution in [-0.2, 0) is 6.54 Å². The quantitative estimate of drug-likeness (QED) is 0.866. The van der Waals surface area contributed by atoms with Crippen LogP contribution in [0, 0.1) is 13.8 Å². The smallest absolute Gasteiger partial charge is 0.257 e. The number of hydrogen-bond donors (Lipinski definition) is 0. The maximum absolute atomic E-state index is 12.2. The standard InChI is InChI=1S/C13H14ClN3O2/c1-8-4-12(14)11(6-15-8)13(18)17(3)7-10-5-9(2)19-16-10/h4-6H,7H2,1-3H3. The molecule has 6 heteroatoms. The van der Waals surface area contributed by atoms with Gasteiger partial charge in [-0.1, -0.05) is 16.8 Å². The average Bonchev–Trinajstić information content (AvgIpc) is 2.74. The number of carbonyl (C=O) groups excluding carboxylic acids is 1. The monoisotopic (exact) mass is 279 g/mol. The van der Waals surface area contributed by atoms with Gasteiger partial charge >= 0.3 is 0 Å². The number of aromatic nitrogens is 2. The van der Waals surface area contributed by atoms with E-state index in [0.717, 1.165) is 5.69 Å². The summed E-state index contributed by atoms with van der Waals surface area (Å²) < 4.78 is 4.96. The minimum absolute atomic E-state index is 0.196. The summed E-state index contributed by atoms with van der Waals surface area (Å²) in [6.07, 6.45) is 1.49. The molecular weight excluding hydrogens is 266 g/mol. The third-order valence-electron chi connectivity index (χ3n) is 2.64. The van der Waals surface area contributed by atoms with Crippen molar-refractivity contribution in [2.75, 3.05) is 7.05 Å². The molecule has 2 rings (SSSR count). The molecule has 0 N–H and O–H groups in total. The maximum atomic E-state index is 12.2. The predicted octanol–water partition coefficient (Wildman–Crippen LogP) is 2.61. The Morgan fingerprint density at radius 1 is 1.42 bits per heavy atom. The van der Waals surface area contributed by atoms with Crippen molar-refractivity contribution in [3.63, 3.8) is 0 Å². The number of aryl methyl sites for hydroxylation is 2. The molecule has 2 aromatic heterocycles. The topological polar surface area (TPSA) is 59.2 Å². The first kappa shape index (κ1) is 13.5. The first-order valence-electron chi connectivity index (χ1n) is 5.77. The van der Waals surface area contributed by atoms with Crippen molar-refractivity contribution >= 4 is 17.5 Å². The van der Waals surface area contributed by atoms with Gasteiger partial charge < -0.3 is 9.42 Å². The van der Waals surface area contributed by atoms with Gasteiger partial charge in [-0.3, -0.25) is 9.78 Å². The molecular formula is C13H14ClN3O2. The van der Waals surface area contributed by atoms with Crippen molar-refractivity contribution in [1.29, 1.82) is 0 Å². The zero-order chi connectivity index (χ0) is 14.0. The first-order valence-corrected chi connectivity index (χ1v) is 6.15. The van der Waals surface area contributed by atoms with Gasteiger partial charge in [0.1, 0.15) is 11.5 Å². The number of nitrogens with zero attached hydrogens (tertiary/aromatic N) is 3. The molecule has 0 aliphatic heterocycles. The molecule has 0 atom stereocenters. The van der Waals surface area contributed by atoms with Gasteiger partial charge in [-0.25, -0.2) is 0 Å². The van der Waals surface area contributed by atoms with Crippen LogP contribution in [0.3, 0.4) is 0 Å². The molecule has 100 valence electrons. The van der Waals surface area contributed by atoms with E-state index in [4.69, 9.17) is 16.1 Å². The van der Waals surface area contributed by atoms with E-state index in [0.29, 0.717) is 28.6 Å². The minimum Gasteiger partial charge on any atom is -0.361 e. The molecule has 1 amide bonds. The molecule has 0 aromatic carbocycles.